The highest BCUT2D eigenvalue weighted by Gasteiger charge is 2.39. The minimum absolute atomic E-state index is 0.0697. The number of carbonyl (C=O) groups is 1. The van der Waals surface area contributed by atoms with E-state index in [4.69, 9.17) is 9.47 Å². The molecule has 1 aliphatic heterocycles. The maximum absolute atomic E-state index is 13.1. The summed E-state index contributed by atoms with van der Waals surface area (Å²) in [5.74, 6) is 1.85. The summed E-state index contributed by atoms with van der Waals surface area (Å²) in [6, 6.07) is 11.4. The van der Waals surface area contributed by atoms with Crippen molar-refractivity contribution < 1.29 is 19.4 Å². The Morgan fingerprint density at radius 1 is 1.20 bits per heavy atom. The number of hydrogen-bond donors (Lipinski definition) is 1. The lowest BCUT2D eigenvalue weighted by molar-refractivity contribution is 0.0840. The molecule has 0 bridgehead atoms. The van der Waals surface area contributed by atoms with Crippen LogP contribution in [-0.4, -0.2) is 18.0 Å². The van der Waals surface area contributed by atoms with E-state index in [0.29, 0.717) is 23.3 Å². The fourth-order valence-corrected chi connectivity index (χ4v) is 4.95. The van der Waals surface area contributed by atoms with Crippen LogP contribution in [0.15, 0.2) is 48.0 Å². The maximum atomic E-state index is 13.1. The average Bonchev–Trinajstić information content (AvgIpc) is 2.73. The fraction of sp³-hybridized carbons (Fsp3) is 0.423. The molecule has 0 radical (unpaired) electrons. The van der Waals surface area contributed by atoms with Crippen LogP contribution in [0.2, 0.25) is 0 Å². The normalized spacial score (nSPS) is 23.6. The Morgan fingerprint density at radius 3 is 2.60 bits per heavy atom. The molecule has 4 rings (SSSR count). The van der Waals surface area contributed by atoms with Crippen LogP contribution < -0.4 is 9.47 Å². The smallest absolute Gasteiger partial charge is 0.174 e. The van der Waals surface area contributed by atoms with E-state index in [2.05, 4.69) is 26.8 Å². The molecule has 0 saturated heterocycles. The van der Waals surface area contributed by atoms with E-state index in [1.165, 1.54) is 5.57 Å². The zero-order chi connectivity index (χ0) is 21.4. The van der Waals surface area contributed by atoms with Crippen LogP contribution in [0.5, 0.6) is 17.2 Å². The van der Waals surface area contributed by atoms with Crippen molar-refractivity contribution in [1.29, 1.82) is 0 Å². The van der Waals surface area contributed by atoms with Gasteiger partial charge in [0.2, 0.25) is 0 Å². The van der Waals surface area contributed by atoms with Gasteiger partial charge in [-0.1, -0.05) is 55.8 Å². The molecule has 3 atom stereocenters. The number of ketones is 1. The van der Waals surface area contributed by atoms with E-state index < -0.39 is 0 Å². The quantitative estimate of drug-likeness (QED) is 0.614. The lowest BCUT2D eigenvalue weighted by atomic mass is 9.71. The van der Waals surface area contributed by atoms with Crippen molar-refractivity contribution in [2.45, 2.75) is 52.1 Å². The van der Waals surface area contributed by atoms with E-state index in [0.717, 1.165) is 24.0 Å². The van der Waals surface area contributed by atoms with E-state index in [9.17, 15) is 9.90 Å². The fourth-order valence-electron chi connectivity index (χ4n) is 4.95. The van der Waals surface area contributed by atoms with Crippen LogP contribution in [0.3, 0.4) is 0 Å². The Labute approximate surface area is 178 Å². The van der Waals surface area contributed by atoms with Crippen LogP contribution in [0.4, 0.5) is 0 Å². The first-order valence-electron chi connectivity index (χ1n) is 10.8. The number of Topliss-reactive ketones (excluding diaryl/α,β-unsaturated/α-hetero) is 1. The lowest BCUT2D eigenvalue weighted by Crippen LogP contribution is -2.26. The number of ether oxygens (including phenoxy) is 2. The Morgan fingerprint density at radius 2 is 1.93 bits per heavy atom. The van der Waals surface area contributed by atoms with E-state index in [-0.39, 0.29) is 35.5 Å². The van der Waals surface area contributed by atoms with Gasteiger partial charge in [-0.05, 0) is 37.2 Å². The first kappa shape index (κ1) is 20.5. The molecule has 0 aromatic heterocycles. The van der Waals surface area contributed by atoms with Crippen LogP contribution in [0.1, 0.15) is 73.5 Å². The lowest BCUT2D eigenvalue weighted by Gasteiger charge is -2.36. The molecule has 0 spiro atoms. The monoisotopic (exact) mass is 406 g/mol. The number of rotatable bonds is 4. The van der Waals surface area contributed by atoms with E-state index >= 15 is 0 Å². The van der Waals surface area contributed by atoms with Gasteiger partial charge in [-0.2, -0.15) is 0 Å². The summed E-state index contributed by atoms with van der Waals surface area (Å²) < 4.78 is 12.2. The predicted octanol–water partition coefficient (Wildman–Crippen LogP) is 6.20. The van der Waals surface area contributed by atoms with Gasteiger partial charge in [0.05, 0.1) is 13.5 Å². The number of fused-ring (bicyclic) bond motifs is 1. The SMILES string of the molecule is COc1cc(O)c2c(c1[C@@H]1C=C(C)CC[C@H]1C(C)C)O[C@H](c1ccccc1)CC2=O. The molecule has 0 amide bonds. The van der Waals surface area contributed by atoms with E-state index in [1.807, 2.05) is 30.3 Å². The molecule has 1 heterocycles. The minimum Gasteiger partial charge on any atom is -0.507 e. The van der Waals surface area contributed by atoms with Crippen LogP contribution >= 0.6 is 0 Å². The summed E-state index contributed by atoms with van der Waals surface area (Å²) in [4.78, 5) is 13.1. The third kappa shape index (κ3) is 3.60. The van der Waals surface area contributed by atoms with Crippen LogP contribution in [0.25, 0.3) is 0 Å². The molecule has 30 heavy (non-hydrogen) atoms. The number of benzene rings is 2. The number of phenols is 1. The topological polar surface area (TPSA) is 55.8 Å². The Kier molecular flexibility index (Phi) is 5.59. The van der Waals surface area contributed by atoms with Crippen molar-refractivity contribution in [3.05, 3.63) is 64.7 Å². The molecule has 2 aromatic carbocycles. The van der Waals surface area contributed by atoms with Gasteiger partial charge in [0.15, 0.2) is 5.78 Å². The van der Waals surface area contributed by atoms with Gasteiger partial charge in [0, 0.05) is 17.5 Å². The summed E-state index contributed by atoms with van der Waals surface area (Å²) in [7, 11) is 1.60. The molecule has 2 aliphatic rings. The van der Waals surface area contributed by atoms with Crippen molar-refractivity contribution in [2.24, 2.45) is 11.8 Å². The average molecular weight is 407 g/mol. The standard InChI is InChI=1S/C26H30O4/c1-15(2)18-11-10-16(3)12-19(18)24-23(29-4)14-21(28)25-20(27)13-22(30-26(24)25)17-8-6-5-7-9-17/h5-9,12,14-15,18-19,22,28H,10-11,13H2,1-4H3/t18-,19+,22-/m0/s1. The number of phenolic OH excluding ortho intramolecular Hbond substituents is 1. The molecule has 158 valence electrons. The van der Waals surface area contributed by atoms with Crippen molar-refractivity contribution >= 4 is 5.78 Å². The van der Waals surface area contributed by atoms with Gasteiger partial charge in [-0.25, -0.2) is 0 Å². The maximum Gasteiger partial charge on any atom is 0.174 e. The van der Waals surface area contributed by atoms with Crippen LogP contribution in [-0.2, 0) is 0 Å². The number of methoxy groups -OCH3 is 1. The van der Waals surface area contributed by atoms with E-state index in [1.54, 1.807) is 13.2 Å². The van der Waals surface area contributed by atoms with Crippen LogP contribution in [0, 0.1) is 11.8 Å². The van der Waals surface area contributed by atoms with Gasteiger partial charge in [0.25, 0.3) is 0 Å². The Hall–Kier alpha value is -2.75. The molecule has 1 aliphatic carbocycles. The number of allylic oxidation sites excluding steroid dienone is 2. The molecule has 4 heteroatoms. The minimum atomic E-state index is -0.373. The number of hydrogen-bond acceptors (Lipinski definition) is 4. The molecule has 0 fully saturated rings. The largest absolute Gasteiger partial charge is 0.507 e. The summed E-state index contributed by atoms with van der Waals surface area (Å²) in [6.45, 7) is 6.64. The summed E-state index contributed by atoms with van der Waals surface area (Å²) in [5.41, 5.74) is 3.47. The first-order chi connectivity index (χ1) is 14.4. The highest BCUT2D eigenvalue weighted by atomic mass is 16.5. The molecule has 2 aromatic rings. The van der Waals surface area contributed by atoms with Gasteiger partial charge >= 0.3 is 0 Å². The molecule has 1 N–H and O–H groups in total. The Bertz CT molecular complexity index is 974. The van der Waals surface area contributed by atoms with Crippen molar-refractivity contribution in [3.63, 3.8) is 0 Å². The third-order valence-corrected chi connectivity index (χ3v) is 6.55. The van der Waals surface area contributed by atoms with Crippen molar-refractivity contribution in [1.82, 2.24) is 0 Å². The van der Waals surface area contributed by atoms with Gasteiger partial charge in [0.1, 0.15) is 28.9 Å². The summed E-state index contributed by atoms with van der Waals surface area (Å²) >= 11 is 0. The van der Waals surface area contributed by atoms with Gasteiger partial charge < -0.3 is 14.6 Å². The summed E-state index contributed by atoms with van der Waals surface area (Å²) in [5, 5.41) is 10.6. The zero-order valence-electron chi connectivity index (χ0n) is 18.1. The Balaban J connectivity index is 1.90. The molecule has 0 saturated carbocycles. The second kappa shape index (κ2) is 8.17. The molecular formula is C26H30O4. The highest BCUT2D eigenvalue weighted by Crippen LogP contribution is 2.52. The van der Waals surface area contributed by atoms with Crippen molar-refractivity contribution in [3.8, 4) is 17.2 Å². The zero-order valence-corrected chi connectivity index (χ0v) is 18.1. The predicted molar refractivity (Wildman–Crippen MR) is 117 cm³/mol. The second-order valence-corrected chi connectivity index (χ2v) is 8.85. The molecular weight excluding hydrogens is 376 g/mol. The summed E-state index contributed by atoms with van der Waals surface area (Å²) in [6.07, 6.45) is 4.29. The van der Waals surface area contributed by atoms with Crippen molar-refractivity contribution in [2.75, 3.05) is 7.11 Å². The highest BCUT2D eigenvalue weighted by molar-refractivity contribution is 6.03. The number of carbonyl (C=O) groups excluding carboxylic acids is 1. The molecule has 4 nitrogen and oxygen atoms in total. The van der Waals surface area contributed by atoms with Gasteiger partial charge in [-0.15, -0.1) is 0 Å². The third-order valence-electron chi connectivity index (χ3n) is 6.55. The van der Waals surface area contributed by atoms with Gasteiger partial charge in [-0.3, -0.25) is 4.79 Å². The second-order valence-electron chi connectivity index (χ2n) is 8.85. The number of aromatic hydroxyl groups is 1. The molecule has 0 unspecified atom stereocenters. The first-order valence-corrected chi connectivity index (χ1v) is 10.8.